The lowest BCUT2D eigenvalue weighted by molar-refractivity contribution is 0.101. The van der Waals surface area contributed by atoms with Crippen LogP contribution < -0.4 is 14.4 Å². The number of aliphatic hydroxyl groups is 1. The van der Waals surface area contributed by atoms with Crippen LogP contribution in [0, 0.1) is 23.0 Å². The molecule has 2 N–H and O–H groups in total. The number of nitriles is 1. The van der Waals surface area contributed by atoms with Gasteiger partial charge >= 0.3 is 0 Å². The van der Waals surface area contributed by atoms with Gasteiger partial charge in [0.2, 0.25) is 0 Å². The molecule has 0 bridgehead atoms. The Balaban J connectivity index is 1.74. The number of benzene rings is 3. The summed E-state index contributed by atoms with van der Waals surface area (Å²) in [5.74, 6) is -3.05. The number of amides is 1. The van der Waals surface area contributed by atoms with E-state index in [1.807, 2.05) is 6.07 Å². The van der Waals surface area contributed by atoms with Crippen LogP contribution in [0.3, 0.4) is 0 Å². The number of nitrogens with zero attached hydrogens (tertiary/aromatic N) is 2. The topological polar surface area (TPSA) is 120 Å². The molecular weight excluding hydrogens is 468 g/mol. The molecule has 1 aliphatic rings. The molecule has 1 heterocycles. The third kappa shape index (κ3) is 4.28. The van der Waals surface area contributed by atoms with Crippen molar-refractivity contribution in [1.82, 2.24) is 0 Å². The van der Waals surface area contributed by atoms with Crippen molar-refractivity contribution in [3.63, 3.8) is 0 Å². The van der Waals surface area contributed by atoms with Crippen molar-refractivity contribution >= 4 is 27.3 Å². The Morgan fingerprint density at radius 1 is 1.15 bits per heavy atom. The van der Waals surface area contributed by atoms with E-state index >= 15 is 0 Å². The van der Waals surface area contributed by atoms with E-state index < -0.39 is 45.8 Å². The molecule has 0 unspecified atom stereocenters. The third-order valence-electron chi connectivity index (χ3n) is 5.09. The number of halogens is 2. The number of nitrogens with one attached hydrogen (secondary N) is 1. The van der Waals surface area contributed by atoms with Gasteiger partial charge in [0, 0.05) is 5.69 Å². The first-order valence-electron chi connectivity index (χ1n) is 9.94. The smallest absolute Gasteiger partial charge is 0.264 e. The molecule has 0 saturated heterocycles. The molecule has 8 nitrogen and oxygen atoms in total. The van der Waals surface area contributed by atoms with Gasteiger partial charge in [-0.05, 0) is 48.5 Å². The quantitative estimate of drug-likeness (QED) is 0.573. The average Bonchev–Trinajstić information content (AvgIpc) is 2.83. The number of hydrogen-bond donors (Lipinski definition) is 2. The Kier molecular flexibility index (Phi) is 6.19. The lowest BCUT2D eigenvalue weighted by atomic mass is 10.1. The normalized spacial score (nSPS) is 15.1. The molecule has 0 fully saturated rings. The minimum atomic E-state index is -4.20. The number of hydrogen-bond acceptors (Lipinski definition) is 6. The van der Waals surface area contributed by atoms with Crippen LogP contribution in [-0.2, 0) is 10.0 Å². The van der Waals surface area contributed by atoms with E-state index in [4.69, 9.17) is 10.00 Å². The molecule has 3 aromatic carbocycles. The van der Waals surface area contributed by atoms with Crippen LogP contribution in [0.1, 0.15) is 15.9 Å². The maximum absolute atomic E-state index is 14.0. The predicted molar refractivity (Wildman–Crippen MR) is 118 cm³/mol. The number of fused-ring (bicyclic) bond motifs is 1. The van der Waals surface area contributed by atoms with Gasteiger partial charge in [-0.25, -0.2) is 17.2 Å². The maximum atomic E-state index is 14.0. The Bertz CT molecular complexity index is 1400. The SMILES string of the molecule is N#Cc1cccc(S(=O)(=O)N2C[C@@H](CO)Oc3ccc(NC(=O)c4c(F)cccc4F)cc32)c1. The van der Waals surface area contributed by atoms with Gasteiger partial charge in [0.1, 0.15) is 29.1 Å². The Morgan fingerprint density at radius 2 is 1.85 bits per heavy atom. The van der Waals surface area contributed by atoms with Crippen molar-refractivity contribution < 1.29 is 31.8 Å². The Morgan fingerprint density at radius 3 is 2.53 bits per heavy atom. The summed E-state index contributed by atoms with van der Waals surface area (Å²) in [5, 5.41) is 21.1. The first-order chi connectivity index (χ1) is 16.2. The molecule has 0 saturated carbocycles. The minimum absolute atomic E-state index is 0.0406. The Labute approximate surface area is 193 Å². The second kappa shape index (κ2) is 9.09. The molecule has 4 rings (SSSR count). The Hall–Kier alpha value is -4.01. The van der Waals surface area contributed by atoms with E-state index in [-0.39, 0.29) is 34.1 Å². The number of carbonyl (C=O) groups is 1. The molecule has 1 amide bonds. The highest BCUT2D eigenvalue weighted by Crippen LogP contribution is 2.39. The monoisotopic (exact) mass is 485 g/mol. The number of anilines is 2. The van der Waals surface area contributed by atoms with E-state index in [1.165, 1.54) is 42.5 Å². The van der Waals surface area contributed by atoms with Gasteiger partial charge in [0.15, 0.2) is 0 Å². The van der Waals surface area contributed by atoms with Gasteiger partial charge in [-0.15, -0.1) is 0 Å². The van der Waals surface area contributed by atoms with Crippen LogP contribution in [0.4, 0.5) is 20.2 Å². The number of carbonyl (C=O) groups excluding carboxylic acids is 1. The number of rotatable bonds is 5. The van der Waals surface area contributed by atoms with Crippen molar-refractivity contribution in [2.75, 3.05) is 22.8 Å². The van der Waals surface area contributed by atoms with Crippen molar-refractivity contribution in [1.29, 1.82) is 5.26 Å². The molecular formula is C23H17F2N3O5S. The van der Waals surface area contributed by atoms with Gasteiger partial charge in [-0.1, -0.05) is 12.1 Å². The third-order valence-corrected chi connectivity index (χ3v) is 6.87. The first-order valence-corrected chi connectivity index (χ1v) is 11.4. The van der Waals surface area contributed by atoms with Crippen LogP contribution in [0.15, 0.2) is 65.6 Å². The predicted octanol–water partition coefficient (Wildman–Crippen LogP) is 3.04. The van der Waals surface area contributed by atoms with Gasteiger partial charge in [0.25, 0.3) is 15.9 Å². The van der Waals surface area contributed by atoms with E-state index in [1.54, 1.807) is 0 Å². The van der Waals surface area contributed by atoms with E-state index in [2.05, 4.69) is 5.32 Å². The van der Waals surface area contributed by atoms with Crippen molar-refractivity contribution in [2.45, 2.75) is 11.0 Å². The number of aliphatic hydroxyl groups excluding tert-OH is 1. The summed E-state index contributed by atoms with van der Waals surface area (Å²) in [4.78, 5) is 12.3. The largest absolute Gasteiger partial charge is 0.484 e. The molecule has 1 atom stereocenters. The number of sulfonamides is 1. The summed E-state index contributed by atoms with van der Waals surface area (Å²) < 4.78 is 61.4. The van der Waals surface area contributed by atoms with Gasteiger partial charge in [0.05, 0.1) is 35.4 Å². The molecule has 0 aliphatic carbocycles. The number of ether oxygens (including phenoxy) is 1. The summed E-state index contributed by atoms with van der Waals surface area (Å²) in [7, 11) is -4.20. The van der Waals surface area contributed by atoms with Crippen LogP contribution in [0.2, 0.25) is 0 Å². The summed E-state index contributed by atoms with van der Waals surface area (Å²) >= 11 is 0. The second-order valence-electron chi connectivity index (χ2n) is 7.33. The lowest BCUT2D eigenvalue weighted by Crippen LogP contribution is -2.45. The molecule has 174 valence electrons. The molecule has 0 aromatic heterocycles. The standard InChI is InChI=1S/C23H17F2N3O5S/c24-18-5-2-6-19(25)22(18)23(30)27-15-7-8-21-20(10-15)28(12-16(13-29)33-21)34(31,32)17-4-1-3-14(9-17)11-26/h1-10,16,29H,12-13H2,(H,27,30)/t16-/m0/s1. The fraction of sp³-hybridized carbons (Fsp3) is 0.130. The molecule has 0 spiro atoms. The fourth-order valence-electron chi connectivity index (χ4n) is 3.47. The minimum Gasteiger partial charge on any atom is -0.484 e. The second-order valence-corrected chi connectivity index (χ2v) is 9.19. The fourth-order valence-corrected chi connectivity index (χ4v) is 5.02. The van der Waals surface area contributed by atoms with Crippen LogP contribution >= 0.6 is 0 Å². The van der Waals surface area contributed by atoms with Gasteiger partial charge in [-0.2, -0.15) is 5.26 Å². The van der Waals surface area contributed by atoms with Gasteiger partial charge < -0.3 is 15.2 Å². The summed E-state index contributed by atoms with van der Waals surface area (Å²) in [6.45, 7) is -0.712. The average molecular weight is 485 g/mol. The highest BCUT2D eigenvalue weighted by molar-refractivity contribution is 7.92. The van der Waals surface area contributed by atoms with Crippen molar-refractivity contribution in [3.05, 3.63) is 83.4 Å². The van der Waals surface area contributed by atoms with Crippen molar-refractivity contribution in [3.8, 4) is 11.8 Å². The van der Waals surface area contributed by atoms with Crippen LogP contribution in [0.5, 0.6) is 5.75 Å². The van der Waals surface area contributed by atoms with E-state index in [0.717, 1.165) is 22.5 Å². The van der Waals surface area contributed by atoms with Crippen molar-refractivity contribution in [2.24, 2.45) is 0 Å². The van der Waals surface area contributed by atoms with Crippen LogP contribution in [0.25, 0.3) is 0 Å². The zero-order chi connectivity index (χ0) is 24.5. The van der Waals surface area contributed by atoms with Gasteiger partial charge in [-0.3, -0.25) is 9.10 Å². The maximum Gasteiger partial charge on any atom is 0.264 e. The van der Waals surface area contributed by atoms with Crippen LogP contribution in [-0.4, -0.2) is 38.7 Å². The molecule has 11 heteroatoms. The summed E-state index contributed by atoms with van der Waals surface area (Å²) in [6, 6.07) is 14.3. The highest BCUT2D eigenvalue weighted by Gasteiger charge is 2.35. The lowest BCUT2D eigenvalue weighted by Gasteiger charge is -2.35. The molecule has 1 aliphatic heterocycles. The summed E-state index contributed by atoms with van der Waals surface area (Å²) in [6.07, 6.45) is -0.866. The molecule has 0 radical (unpaired) electrons. The first kappa shape index (κ1) is 23.2. The zero-order valence-corrected chi connectivity index (χ0v) is 18.2. The molecule has 3 aromatic rings. The molecule has 34 heavy (non-hydrogen) atoms. The zero-order valence-electron chi connectivity index (χ0n) is 17.4. The van der Waals surface area contributed by atoms with E-state index in [9.17, 15) is 27.1 Å². The van der Waals surface area contributed by atoms with E-state index in [0.29, 0.717) is 0 Å². The summed E-state index contributed by atoms with van der Waals surface area (Å²) in [5.41, 5.74) is -0.543. The highest BCUT2D eigenvalue weighted by atomic mass is 32.2.